The van der Waals surface area contributed by atoms with Crippen LogP contribution in [0.15, 0.2) is 0 Å². The summed E-state index contributed by atoms with van der Waals surface area (Å²) in [5, 5.41) is 3.46. The monoisotopic (exact) mass is 304 g/mol. The van der Waals surface area contributed by atoms with Crippen LogP contribution in [-0.4, -0.2) is 77.8 Å². The van der Waals surface area contributed by atoms with Crippen LogP contribution in [0.5, 0.6) is 0 Å². The quantitative estimate of drug-likeness (QED) is 0.440. The number of ether oxygens (including phenoxy) is 3. The molecule has 0 aromatic carbocycles. The molecule has 128 valence electrons. The van der Waals surface area contributed by atoms with Crippen molar-refractivity contribution in [1.29, 1.82) is 0 Å². The van der Waals surface area contributed by atoms with Gasteiger partial charge in [0.2, 0.25) is 0 Å². The fourth-order valence-electron chi connectivity index (χ4n) is 1.72. The van der Waals surface area contributed by atoms with Crippen molar-refractivity contribution >= 4 is 0 Å². The van der Waals surface area contributed by atoms with E-state index in [1.54, 1.807) is 0 Å². The molecule has 0 heterocycles. The van der Waals surface area contributed by atoms with Crippen LogP contribution >= 0.6 is 0 Å². The highest BCUT2D eigenvalue weighted by Gasteiger charge is 2.01. The van der Waals surface area contributed by atoms with Crippen molar-refractivity contribution in [3.63, 3.8) is 0 Å². The third kappa shape index (κ3) is 17.7. The minimum Gasteiger partial charge on any atom is -0.379 e. The summed E-state index contributed by atoms with van der Waals surface area (Å²) in [7, 11) is 4.20. The summed E-state index contributed by atoms with van der Waals surface area (Å²) in [6.07, 6.45) is 3.47. The Morgan fingerprint density at radius 3 is 2.05 bits per heavy atom. The van der Waals surface area contributed by atoms with Crippen LogP contribution in [0.3, 0.4) is 0 Å². The Morgan fingerprint density at radius 2 is 1.48 bits per heavy atom. The molecular formula is C16H36N2O3. The molecule has 0 aromatic heterocycles. The number of unbranched alkanes of at least 4 members (excludes halogenated alkanes) is 1. The first-order valence-electron chi connectivity index (χ1n) is 8.28. The van der Waals surface area contributed by atoms with E-state index in [0.29, 0.717) is 32.5 Å². The normalized spacial score (nSPS) is 13.0. The lowest BCUT2D eigenvalue weighted by Gasteiger charge is -2.16. The average Bonchev–Trinajstić information content (AvgIpc) is 2.46. The fraction of sp³-hybridized carbons (Fsp3) is 1.00. The van der Waals surface area contributed by atoms with E-state index in [1.807, 2.05) is 0 Å². The van der Waals surface area contributed by atoms with E-state index < -0.39 is 0 Å². The van der Waals surface area contributed by atoms with Crippen LogP contribution in [0.1, 0.15) is 33.1 Å². The Kier molecular flexibility index (Phi) is 16.0. The van der Waals surface area contributed by atoms with Crippen molar-refractivity contribution in [3.8, 4) is 0 Å². The van der Waals surface area contributed by atoms with Crippen molar-refractivity contribution in [2.75, 3.05) is 66.8 Å². The highest BCUT2D eigenvalue weighted by Crippen LogP contribution is 1.91. The SMILES string of the molecule is CCCCOCCOCCOCCNC(C)CCN(C)C. The van der Waals surface area contributed by atoms with E-state index in [1.165, 1.54) is 6.42 Å². The molecule has 5 nitrogen and oxygen atoms in total. The zero-order valence-electron chi connectivity index (χ0n) is 14.5. The minimum absolute atomic E-state index is 0.535. The lowest BCUT2D eigenvalue weighted by atomic mass is 10.2. The van der Waals surface area contributed by atoms with E-state index in [2.05, 4.69) is 38.2 Å². The highest BCUT2D eigenvalue weighted by molar-refractivity contribution is 4.61. The van der Waals surface area contributed by atoms with E-state index in [-0.39, 0.29) is 0 Å². The Balaban J connectivity index is 3.08. The van der Waals surface area contributed by atoms with Gasteiger partial charge in [0.15, 0.2) is 0 Å². The topological polar surface area (TPSA) is 43.0 Å². The van der Waals surface area contributed by atoms with E-state index >= 15 is 0 Å². The Labute approximate surface area is 131 Å². The summed E-state index contributed by atoms with van der Waals surface area (Å²) in [6.45, 7) is 10.6. The zero-order valence-corrected chi connectivity index (χ0v) is 14.5. The molecule has 0 aliphatic heterocycles. The highest BCUT2D eigenvalue weighted by atomic mass is 16.5. The van der Waals surface area contributed by atoms with E-state index in [4.69, 9.17) is 14.2 Å². The van der Waals surface area contributed by atoms with Crippen LogP contribution in [0.2, 0.25) is 0 Å². The average molecular weight is 304 g/mol. The number of hydrogen-bond acceptors (Lipinski definition) is 5. The lowest BCUT2D eigenvalue weighted by molar-refractivity contribution is 0.0144. The van der Waals surface area contributed by atoms with Gasteiger partial charge in [-0.2, -0.15) is 0 Å². The first-order chi connectivity index (χ1) is 10.2. The molecule has 1 atom stereocenters. The standard InChI is InChI=1S/C16H36N2O3/c1-5-6-10-19-12-14-21-15-13-20-11-8-17-16(2)7-9-18(3)4/h16-17H,5-15H2,1-4H3. The van der Waals surface area contributed by atoms with Crippen LogP contribution in [-0.2, 0) is 14.2 Å². The number of nitrogens with zero attached hydrogens (tertiary/aromatic N) is 1. The number of hydrogen-bond donors (Lipinski definition) is 1. The van der Waals surface area contributed by atoms with Gasteiger partial charge in [-0.15, -0.1) is 0 Å². The molecule has 0 saturated heterocycles. The van der Waals surface area contributed by atoms with Crippen molar-refractivity contribution in [3.05, 3.63) is 0 Å². The van der Waals surface area contributed by atoms with Gasteiger partial charge in [0.1, 0.15) is 0 Å². The molecule has 0 bridgehead atoms. The van der Waals surface area contributed by atoms with Gasteiger partial charge in [-0.3, -0.25) is 0 Å². The van der Waals surface area contributed by atoms with Gasteiger partial charge in [0, 0.05) is 19.2 Å². The Morgan fingerprint density at radius 1 is 0.905 bits per heavy atom. The summed E-state index contributed by atoms with van der Waals surface area (Å²) in [5.74, 6) is 0. The van der Waals surface area contributed by atoms with Gasteiger partial charge in [0.25, 0.3) is 0 Å². The number of rotatable bonds is 16. The predicted molar refractivity (Wildman–Crippen MR) is 88.0 cm³/mol. The second-order valence-electron chi connectivity index (χ2n) is 5.64. The predicted octanol–water partition coefficient (Wildman–Crippen LogP) is 1.77. The van der Waals surface area contributed by atoms with Gasteiger partial charge < -0.3 is 24.4 Å². The maximum atomic E-state index is 5.52. The molecule has 0 spiro atoms. The molecule has 1 N–H and O–H groups in total. The maximum Gasteiger partial charge on any atom is 0.0701 e. The van der Waals surface area contributed by atoms with Gasteiger partial charge in [-0.1, -0.05) is 13.3 Å². The molecule has 0 aliphatic carbocycles. The van der Waals surface area contributed by atoms with E-state index in [0.717, 1.165) is 39.1 Å². The molecule has 0 radical (unpaired) electrons. The molecule has 0 saturated carbocycles. The second-order valence-corrected chi connectivity index (χ2v) is 5.64. The maximum absolute atomic E-state index is 5.52. The molecule has 1 unspecified atom stereocenters. The largest absolute Gasteiger partial charge is 0.379 e. The number of nitrogens with one attached hydrogen (secondary N) is 1. The molecule has 21 heavy (non-hydrogen) atoms. The summed E-state index contributed by atoms with van der Waals surface area (Å²) in [5.41, 5.74) is 0. The van der Waals surface area contributed by atoms with Crippen LogP contribution in [0.25, 0.3) is 0 Å². The van der Waals surface area contributed by atoms with Crippen LogP contribution in [0, 0.1) is 0 Å². The van der Waals surface area contributed by atoms with Gasteiger partial charge >= 0.3 is 0 Å². The van der Waals surface area contributed by atoms with Crippen molar-refractivity contribution in [2.45, 2.75) is 39.2 Å². The molecule has 0 rings (SSSR count). The fourth-order valence-corrected chi connectivity index (χ4v) is 1.72. The van der Waals surface area contributed by atoms with E-state index in [9.17, 15) is 0 Å². The molecule has 0 aliphatic rings. The summed E-state index contributed by atoms with van der Waals surface area (Å²) in [4.78, 5) is 2.21. The molecule has 5 heteroatoms. The molecule has 0 amide bonds. The first-order valence-corrected chi connectivity index (χ1v) is 8.28. The van der Waals surface area contributed by atoms with Gasteiger partial charge in [-0.05, 0) is 40.4 Å². The zero-order chi connectivity index (χ0) is 15.8. The Hall–Kier alpha value is -0.200. The summed E-state index contributed by atoms with van der Waals surface area (Å²) in [6, 6.07) is 0.535. The Bertz CT molecular complexity index is 204. The first kappa shape index (κ1) is 20.8. The summed E-state index contributed by atoms with van der Waals surface area (Å²) >= 11 is 0. The minimum atomic E-state index is 0.535. The summed E-state index contributed by atoms with van der Waals surface area (Å²) < 4.78 is 16.4. The van der Waals surface area contributed by atoms with Crippen LogP contribution in [0.4, 0.5) is 0 Å². The van der Waals surface area contributed by atoms with Crippen molar-refractivity contribution in [1.82, 2.24) is 10.2 Å². The molecular weight excluding hydrogens is 268 g/mol. The smallest absolute Gasteiger partial charge is 0.0701 e. The van der Waals surface area contributed by atoms with Crippen LogP contribution < -0.4 is 5.32 Å². The third-order valence-corrected chi connectivity index (χ3v) is 3.13. The van der Waals surface area contributed by atoms with Crippen molar-refractivity contribution < 1.29 is 14.2 Å². The second kappa shape index (κ2) is 16.2. The third-order valence-electron chi connectivity index (χ3n) is 3.13. The molecule has 0 fully saturated rings. The van der Waals surface area contributed by atoms with Gasteiger partial charge in [0.05, 0.1) is 33.0 Å². The molecule has 0 aromatic rings. The van der Waals surface area contributed by atoms with Gasteiger partial charge in [-0.25, -0.2) is 0 Å². The van der Waals surface area contributed by atoms with Crippen molar-refractivity contribution in [2.24, 2.45) is 0 Å². The lowest BCUT2D eigenvalue weighted by Crippen LogP contribution is -2.32.